The molecule has 4 aromatic rings. The van der Waals surface area contributed by atoms with Crippen LogP contribution in [0.5, 0.6) is 0 Å². The molecular formula is C23H20FN5O4. The number of nitrogen functional groups attached to an aromatic ring is 1. The minimum atomic E-state index is -1.24. The van der Waals surface area contributed by atoms with Gasteiger partial charge in [0.2, 0.25) is 0 Å². The summed E-state index contributed by atoms with van der Waals surface area (Å²) < 4.78 is 20.4. The van der Waals surface area contributed by atoms with Crippen LogP contribution in [0, 0.1) is 15.9 Å². The summed E-state index contributed by atoms with van der Waals surface area (Å²) in [6, 6.07) is 13.5. The van der Waals surface area contributed by atoms with Gasteiger partial charge in [-0.25, -0.2) is 13.9 Å². The molecule has 2 N–H and O–H groups in total. The molecule has 0 spiro atoms. The minimum absolute atomic E-state index is 0.0594. The quantitative estimate of drug-likeness (QED) is 0.270. The number of benzene rings is 2. The van der Waals surface area contributed by atoms with Gasteiger partial charge in [0.05, 0.1) is 23.3 Å². The number of aromatic nitrogens is 3. The highest BCUT2D eigenvalue weighted by atomic mass is 19.1. The molecule has 4 rings (SSSR count). The average molecular weight is 449 g/mol. The Hall–Kier alpha value is -4.34. The fourth-order valence-electron chi connectivity index (χ4n) is 3.95. The SMILES string of the molecule is COC(=O)[C@](C)(Cc1cccc(F)c1)c1ccnc2c(-c3ccc([N+](=O)[O-])cc3)c(N)nn12. The van der Waals surface area contributed by atoms with E-state index in [0.29, 0.717) is 28.0 Å². The van der Waals surface area contributed by atoms with E-state index in [1.165, 1.54) is 42.1 Å². The molecule has 0 unspecified atom stereocenters. The summed E-state index contributed by atoms with van der Waals surface area (Å²) in [6.07, 6.45) is 1.66. The molecular weight excluding hydrogens is 429 g/mol. The van der Waals surface area contributed by atoms with E-state index in [-0.39, 0.29) is 17.9 Å². The van der Waals surface area contributed by atoms with Crippen LogP contribution in [0.3, 0.4) is 0 Å². The van der Waals surface area contributed by atoms with Crippen molar-refractivity contribution < 1.29 is 18.8 Å². The number of carbonyl (C=O) groups is 1. The molecule has 0 saturated carbocycles. The Bertz CT molecular complexity index is 1370. The lowest BCUT2D eigenvalue weighted by Crippen LogP contribution is -2.38. The van der Waals surface area contributed by atoms with E-state index in [2.05, 4.69) is 10.1 Å². The number of nitrogens with zero attached hydrogens (tertiary/aromatic N) is 4. The van der Waals surface area contributed by atoms with Gasteiger partial charge in [0.15, 0.2) is 11.5 Å². The molecule has 0 aliphatic carbocycles. The minimum Gasteiger partial charge on any atom is -0.468 e. The first-order valence-corrected chi connectivity index (χ1v) is 9.96. The summed E-state index contributed by atoms with van der Waals surface area (Å²) in [4.78, 5) is 27.8. The number of methoxy groups -OCH3 is 1. The van der Waals surface area contributed by atoms with E-state index in [1.807, 2.05) is 0 Å². The van der Waals surface area contributed by atoms with Gasteiger partial charge in [-0.15, -0.1) is 5.10 Å². The van der Waals surface area contributed by atoms with Gasteiger partial charge in [0.25, 0.3) is 5.69 Å². The maximum Gasteiger partial charge on any atom is 0.317 e. The molecule has 1 atom stereocenters. The van der Waals surface area contributed by atoms with Crippen LogP contribution in [-0.2, 0) is 21.4 Å². The van der Waals surface area contributed by atoms with Crippen molar-refractivity contribution in [1.29, 1.82) is 0 Å². The summed E-state index contributed by atoms with van der Waals surface area (Å²) in [7, 11) is 1.28. The van der Waals surface area contributed by atoms with Crippen LogP contribution in [0.25, 0.3) is 16.8 Å². The first-order valence-electron chi connectivity index (χ1n) is 9.96. The first-order chi connectivity index (χ1) is 15.7. The Labute approximate surface area is 187 Å². The first kappa shape index (κ1) is 21.9. The zero-order chi connectivity index (χ0) is 23.8. The van der Waals surface area contributed by atoms with Crippen LogP contribution >= 0.6 is 0 Å². The molecule has 2 heterocycles. The van der Waals surface area contributed by atoms with Crippen molar-refractivity contribution >= 4 is 23.1 Å². The van der Waals surface area contributed by atoms with Gasteiger partial charge in [-0.1, -0.05) is 12.1 Å². The van der Waals surface area contributed by atoms with Crippen molar-refractivity contribution in [1.82, 2.24) is 14.6 Å². The van der Waals surface area contributed by atoms with E-state index in [9.17, 15) is 19.3 Å². The third-order valence-electron chi connectivity index (χ3n) is 5.56. The van der Waals surface area contributed by atoms with Gasteiger partial charge in [0, 0.05) is 18.3 Å². The Morgan fingerprint density at radius 2 is 1.97 bits per heavy atom. The third kappa shape index (κ3) is 3.86. The predicted octanol–water partition coefficient (Wildman–Crippen LogP) is 3.70. The highest BCUT2D eigenvalue weighted by Crippen LogP contribution is 2.35. The van der Waals surface area contributed by atoms with E-state index < -0.39 is 22.1 Å². The number of anilines is 1. The Morgan fingerprint density at radius 3 is 2.61 bits per heavy atom. The number of esters is 1. The molecule has 0 bridgehead atoms. The smallest absolute Gasteiger partial charge is 0.317 e. The van der Waals surface area contributed by atoms with Crippen molar-refractivity contribution in [2.45, 2.75) is 18.8 Å². The zero-order valence-corrected chi connectivity index (χ0v) is 17.9. The Morgan fingerprint density at radius 1 is 1.24 bits per heavy atom. The molecule has 168 valence electrons. The second kappa shape index (κ2) is 8.30. The van der Waals surface area contributed by atoms with Crippen LogP contribution in [0.4, 0.5) is 15.9 Å². The second-order valence-electron chi connectivity index (χ2n) is 7.76. The molecule has 0 fully saturated rings. The highest BCUT2D eigenvalue weighted by molar-refractivity contribution is 5.88. The normalized spacial score (nSPS) is 12.9. The van der Waals surface area contributed by atoms with Crippen LogP contribution in [0.2, 0.25) is 0 Å². The Kier molecular flexibility index (Phi) is 5.50. The number of rotatable bonds is 6. The molecule has 9 nitrogen and oxygen atoms in total. The average Bonchev–Trinajstić information content (AvgIpc) is 3.14. The summed E-state index contributed by atoms with van der Waals surface area (Å²) in [6.45, 7) is 1.68. The van der Waals surface area contributed by atoms with Gasteiger partial charge in [0.1, 0.15) is 11.2 Å². The van der Waals surface area contributed by atoms with E-state index in [0.717, 1.165) is 0 Å². The van der Waals surface area contributed by atoms with E-state index in [1.54, 1.807) is 37.3 Å². The third-order valence-corrected chi connectivity index (χ3v) is 5.56. The largest absolute Gasteiger partial charge is 0.468 e. The fourth-order valence-corrected chi connectivity index (χ4v) is 3.95. The standard InChI is InChI=1S/C23H20FN5O4/c1-23(22(30)33-2,13-14-4-3-5-16(24)12-14)18-10-11-26-21-19(20(25)27-28(18)21)15-6-8-17(9-7-15)29(31)32/h3-12H,13H2,1-2H3,(H2,25,27)/t23-/m1/s1. The molecule has 33 heavy (non-hydrogen) atoms. The van der Waals surface area contributed by atoms with Crippen molar-refractivity contribution in [3.63, 3.8) is 0 Å². The number of fused-ring (bicyclic) bond motifs is 1. The number of carbonyl (C=O) groups excluding carboxylic acids is 1. The summed E-state index contributed by atoms with van der Waals surface area (Å²) >= 11 is 0. The fraction of sp³-hybridized carbons (Fsp3) is 0.174. The van der Waals surface area contributed by atoms with Crippen molar-refractivity contribution in [2.75, 3.05) is 12.8 Å². The van der Waals surface area contributed by atoms with Gasteiger partial charge in [-0.3, -0.25) is 14.9 Å². The molecule has 0 aliphatic heterocycles. The number of nitro groups is 1. The molecule has 0 radical (unpaired) electrons. The highest BCUT2D eigenvalue weighted by Gasteiger charge is 2.40. The number of nitro benzene ring substituents is 1. The van der Waals surface area contributed by atoms with Crippen LogP contribution in [0.1, 0.15) is 18.2 Å². The molecule has 0 aliphatic rings. The van der Waals surface area contributed by atoms with Crippen LogP contribution in [-0.4, -0.2) is 32.6 Å². The Balaban J connectivity index is 1.88. The molecule has 10 heteroatoms. The molecule has 0 amide bonds. The number of halogens is 1. The summed E-state index contributed by atoms with van der Waals surface area (Å²) in [5, 5.41) is 15.4. The van der Waals surface area contributed by atoms with E-state index >= 15 is 0 Å². The molecule has 2 aromatic heterocycles. The van der Waals surface area contributed by atoms with Crippen molar-refractivity contribution in [2.24, 2.45) is 0 Å². The number of non-ortho nitro benzene ring substituents is 1. The number of hydrogen-bond acceptors (Lipinski definition) is 7. The number of nitrogens with two attached hydrogens (primary N) is 1. The van der Waals surface area contributed by atoms with Crippen LogP contribution < -0.4 is 5.73 Å². The summed E-state index contributed by atoms with van der Waals surface area (Å²) in [5.74, 6) is -0.810. The number of ether oxygens (including phenoxy) is 1. The second-order valence-corrected chi connectivity index (χ2v) is 7.76. The molecule has 0 saturated heterocycles. The molecule has 2 aromatic carbocycles. The lowest BCUT2D eigenvalue weighted by molar-refractivity contribution is -0.384. The van der Waals surface area contributed by atoms with Crippen molar-refractivity contribution in [3.05, 3.63) is 88.0 Å². The monoisotopic (exact) mass is 449 g/mol. The van der Waals surface area contributed by atoms with Gasteiger partial charge in [-0.05, 0) is 54.8 Å². The van der Waals surface area contributed by atoms with Gasteiger partial charge < -0.3 is 10.5 Å². The van der Waals surface area contributed by atoms with Gasteiger partial charge in [-0.2, -0.15) is 0 Å². The number of hydrogen-bond donors (Lipinski definition) is 1. The van der Waals surface area contributed by atoms with Crippen molar-refractivity contribution in [3.8, 4) is 11.1 Å². The summed E-state index contributed by atoms with van der Waals surface area (Å²) in [5.41, 5.74) is 7.38. The maximum absolute atomic E-state index is 13.8. The van der Waals surface area contributed by atoms with E-state index in [4.69, 9.17) is 10.5 Å². The maximum atomic E-state index is 13.8. The lowest BCUT2D eigenvalue weighted by atomic mass is 9.80. The van der Waals surface area contributed by atoms with Crippen LogP contribution in [0.15, 0.2) is 60.8 Å². The topological polar surface area (TPSA) is 126 Å². The zero-order valence-electron chi connectivity index (χ0n) is 17.9. The van der Waals surface area contributed by atoms with Gasteiger partial charge >= 0.3 is 5.97 Å². The lowest BCUT2D eigenvalue weighted by Gasteiger charge is -2.27. The predicted molar refractivity (Wildman–Crippen MR) is 119 cm³/mol.